The summed E-state index contributed by atoms with van der Waals surface area (Å²) in [5.41, 5.74) is 0. The summed E-state index contributed by atoms with van der Waals surface area (Å²) in [5, 5.41) is 9.75. The summed E-state index contributed by atoms with van der Waals surface area (Å²) in [6.45, 7) is 6.92. The van der Waals surface area contributed by atoms with E-state index < -0.39 is 24.0 Å². The first-order valence-electron chi connectivity index (χ1n) is 9.05. The van der Waals surface area contributed by atoms with Crippen LogP contribution in [0.3, 0.4) is 0 Å². The Morgan fingerprint density at radius 3 is 1.36 bits per heavy atom. The molecule has 0 rings (SSSR count). The fraction of sp³-hybridized carbons (Fsp3) is 0.833. The smallest absolute Gasteiger partial charge is 0.361 e. The van der Waals surface area contributed by atoms with Crippen LogP contribution in [-0.4, -0.2) is 113 Å². The number of esters is 3. The van der Waals surface area contributed by atoms with Gasteiger partial charge in [0.1, 0.15) is 25.7 Å². The van der Waals surface area contributed by atoms with Crippen LogP contribution in [0.5, 0.6) is 0 Å². The molecule has 2 unspecified atom stereocenters. The summed E-state index contributed by atoms with van der Waals surface area (Å²) in [6.07, 6.45) is -0.616. The first kappa shape index (κ1) is 31.5. The maximum atomic E-state index is 11.7. The molecule has 9 nitrogen and oxygen atoms in total. The van der Waals surface area contributed by atoms with Gasteiger partial charge < -0.3 is 28.3 Å². The van der Waals surface area contributed by atoms with Crippen LogP contribution < -0.4 is 0 Å². The van der Waals surface area contributed by atoms with Gasteiger partial charge in [-0.25, -0.2) is 14.4 Å². The number of carbonyl (C=O) groups excluding carboxylic acids is 3. The van der Waals surface area contributed by atoms with Crippen molar-refractivity contribution in [2.75, 3.05) is 74.7 Å². The summed E-state index contributed by atoms with van der Waals surface area (Å²) in [4.78, 5) is 35.1. The fourth-order valence-electron chi connectivity index (χ4n) is 2.70. The number of likely N-dealkylation sites (N-methyl/N-ethyl adjacent to an activating group) is 2. The Morgan fingerprint density at radius 1 is 0.786 bits per heavy atom. The molecule has 0 bridgehead atoms. The average molecular weight is 458 g/mol. The number of hydrogen-bond acceptors (Lipinski definition) is 7. The van der Waals surface area contributed by atoms with Crippen LogP contribution >= 0.6 is 0 Å². The molecule has 0 amide bonds. The van der Waals surface area contributed by atoms with Crippen molar-refractivity contribution in [1.29, 1.82) is 0 Å². The van der Waals surface area contributed by atoms with Crippen molar-refractivity contribution in [3.8, 4) is 0 Å². The van der Waals surface area contributed by atoms with Crippen LogP contribution in [0.15, 0.2) is 0 Å². The van der Waals surface area contributed by atoms with Crippen molar-refractivity contribution in [2.45, 2.75) is 26.9 Å². The van der Waals surface area contributed by atoms with Gasteiger partial charge in [0.2, 0.25) is 0 Å². The molecule has 28 heavy (non-hydrogen) atoms. The molecule has 0 aliphatic carbocycles. The molecular weight excluding hydrogens is 420 g/mol. The van der Waals surface area contributed by atoms with E-state index in [9.17, 15) is 19.5 Å². The van der Waals surface area contributed by atoms with E-state index in [-0.39, 0.29) is 45.7 Å². The zero-order valence-electron chi connectivity index (χ0n) is 18.4. The first-order valence-corrected chi connectivity index (χ1v) is 9.05. The van der Waals surface area contributed by atoms with Crippen LogP contribution in [0.4, 0.5) is 0 Å². The number of aliphatic hydroxyl groups is 1. The molecule has 2 atom stereocenters. The zero-order chi connectivity index (χ0) is 21.7. The predicted molar refractivity (Wildman–Crippen MR) is 101 cm³/mol. The molecule has 1 N–H and O–H groups in total. The van der Waals surface area contributed by atoms with E-state index in [4.69, 9.17) is 14.2 Å². The molecule has 0 heterocycles. The van der Waals surface area contributed by atoms with Crippen molar-refractivity contribution in [2.24, 2.45) is 0 Å². The minimum absolute atomic E-state index is 0. The van der Waals surface area contributed by atoms with Crippen LogP contribution in [0, 0.1) is 0 Å². The Morgan fingerprint density at radius 2 is 1.07 bits per heavy atom. The normalized spacial score (nSPS) is 13.6. The number of rotatable bonds is 11. The summed E-state index contributed by atoms with van der Waals surface area (Å²) in [7, 11) is 7.46. The van der Waals surface area contributed by atoms with E-state index in [1.54, 1.807) is 14.0 Å². The molecule has 0 aromatic carbocycles. The Labute approximate surface area is 179 Å². The second-order valence-electron chi connectivity index (χ2n) is 6.92. The molecule has 0 aliphatic rings. The number of hydrogen-bond donors (Lipinski definition) is 1. The Hall–Kier alpha value is -1.19. The number of carbonyl (C=O) groups is 3. The van der Waals surface area contributed by atoms with Gasteiger partial charge in [0.05, 0.1) is 35.4 Å². The number of aliphatic hydroxyl groups excluding tert-OH is 1. The number of ether oxygens (including phenoxy) is 3. The molecule has 0 aliphatic heterocycles. The minimum Gasteiger partial charge on any atom is -0.465 e. The molecule has 171 valence electrons. The first-order chi connectivity index (χ1) is 12.5. The zero-order valence-corrected chi connectivity index (χ0v) is 19.4. The van der Waals surface area contributed by atoms with Gasteiger partial charge in [0.15, 0.2) is 19.6 Å². The van der Waals surface area contributed by atoms with Crippen molar-refractivity contribution in [1.82, 2.24) is 0 Å². The SMILES string of the molecule is CC.COC(=O)C[N+](C)(CC[N+](C)(CC(=O)OC)CC(C)O)CC(=O)OC.[Cu]. The quantitative estimate of drug-likeness (QED) is 0.198. The third-order valence-corrected chi connectivity index (χ3v) is 4.10. The number of methoxy groups -OCH3 is 3. The van der Waals surface area contributed by atoms with E-state index in [1.165, 1.54) is 21.3 Å². The molecule has 0 fully saturated rings. The van der Waals surface area contributed by atoms with Crippen molar-refractivity contribution >= 4 is 17.9 Å². The van der Waals surface area contributed by atoms with Gasteiger partial charge >= 0.3 is 17.9 Å². The van der Waals surface area contributed by atoms with Gasteiger partial charge in [0.25, 0.3) is 0 Å². The molecular formula is C18H38CuN2O7+2. The predicted octanol–water partition coefficient (Wildman–Crippen LogP) is -0.197. The van der Waals surface area contributed by atoms with Gasteiger partial charge in [-0.15, -0.1) is 0 Å². The summed E-state index contributed by atoms with van der Waals surface area (Å²) in [6, 6.07) is 0. The second kappa shape index (κ2) is 15.7. The van der Waals surface area contributed by atoms with E-state index in [1.807, 2.05) is 20.9 Å². The molecule has 0 aromatic rings. The van der Waals surface area contributed by atoms with Gasteiger partial charge in [-0.1, -0.05) is 13.8 Å². The van der Waals surface area contributed by atoms with Gasteiger partial charge in [-0.05, 0) is 6.92 Å². The average Bonchev–Trinajstić information content (AvgIpc) is 2.60. The standard InChI is InChI=1S/C16H32N2O7.C2H6.Cu/c1-13(19)9-17(2,10-14(20)23-4)7-8-18(3,11-15(21)24-5)12-16(22)25-6;1-2;/h13,19H,7-12H2,1-6H3;1-2H3;/q+2;;. The van der Waals surface area contributed by atoms with E-state index in [0.29, 0.717) is 19.6 Å². The van der Waals surface area contributed by atoms with Crippen molar-refractivity contribution < 1.29 is 59.7 Å². The Bertz CT molecular complexity index is 457. The van der Waals surface area contributed by atoms with E-state index >= 15 is 0 Å². The maximum Gasteiger partial charge on any atom is 0.361 e. The minimum atomic E-state index is -0.616. The van der Waals surface area contributed by atoms with E-state index in [2.05, 4.69) is 0 Å². The van der Waals surface area contributed by atoms with Crippen LogP contribution in [0.1, 0.15) is 20.8 Å². The summed E-state index contributed by atoms with van der Waals surface area (Å²) < 4.78 is 14.5. The molecule has 0 saturated heterocycles. The van der Waals surface area contributed by atoms with Crippen LogP contribution in [0.25, 0.3) is 0 Å². The van der Waals surface area contributed by atoms with Gasteiger partial charge in [-0.3, -0.25) is 0 Å². The van der Waals surface area contributed by atoms with Crippen molar-refractivity contribution in [3.05, 3.63) is 0 Å². The van der Waals surface area contributed by atoms with Gasteiger partial charge in [0, 0.05) is 17.1 Å². The largest absolute Gasteiger partial charge is 0.465 e. The summed E-state index contributed by atoms with van der Waals surface area (Å²) >= 11 is 0. The molecule has 0 spiro atoms. The van der Waals surface area contributed by atoms with Gasteiger partial charge in [-0.2, -0.15) is 0 Å². The Balaban J connectivity index is -0.00000201. The maximum absolute atomic E-state index is 11.7. The fourth-order valence-corrected chi connectivity index (χ4v) is 2.70. The van der Waals surface area contributed by atoms with Crippen LogP contribution in [0.2, 0.25) is 0 Å². The molecule has 0 saturated carbocycles. The third-order valence-electron chi connectivity index (χ3n) is 4.10. The third kappa shape index (κ3) is 13.9. The van der Waals surface area contributed by atoms with Crippen molar-refractivity contribution in [3.63, 3.8) is 0 Å². The monoisotopic (exact) mass is 457 g/mol. The second-order valence-corrected chi connectivity index (χ2v) is 6.92. The molecule has 10 heteroatoms. The number of nitrogens with zero attached hydrogens (tertiary/aromatic N) is 2. The molecule has 1 radical (unpaired) electrons. The molecule has 0 aromatic heterocycles. The van der Waals surface area contributed by atoms with E-state index in [0.717, 1.165) is 0 Å². The van der Waals surface area contributed by atoms with Crippen LogP contribution in [-0.2, 0) is 45.7 Å². The number of quaternary nitrogens is 2. The topological polar surface area (TPSA) is 99.1 Å². The summed E-state index contributed by atoms with van der Waals surface area (Å²) in [5.74, 6) is -1.27. The Kier molecular flexibility index (Phi) is 17.7.